The molecule has 2 rings (SSSR count). The lowest BCUT2D eigenvalue weighted by atomic mass is 10.2. The summed E-state index contributed by atoms with van der Waals surface area (Å²) < 4.78 is 1.79. The van der Waals surface area contributed by atoms with Crippen molar-refractivity contribution in [2.45, 2.75) is 19.4 Å². The fraction of sp³-hybridized carbons (Fsp3) is 0.364. The molecule has 0 saturated heterocycles. The van der Waals surface area contributed by atoms with Crippen LogP contribution in [-0.4, -0.2) is 27.2 Å². The topological polar surface area (TPSA) is 59.8 Å². The highest BCUT2D eigenvalue weighted by Crippen LogP contribution is 2.03. The Labute approximate surface area is 103 Å². The van der Waals surface area contributed by atoms with Crippen LogP contribution in [0.3, 0.4) is 0 Å². The van der Waals surface area contributed by atoms with Gasteiger partial charge in [-0.25, -0.2) is 4.98 Å². The third kappa shape index (κ3) is 3.99. The Bertz CT molecular complexity index is 438. The molecule has 5 nitrogen and oxygen atoms in total. The molecular weight excluding hydrogens is 236 g/mol. The lowest BCUT2D eigenvalue weighted by Gasteiger charge is -2.04. The average molecular weight is 250 g/mol. The van der Waals surface area contributed by atoms with Crippen LogP contribution in [0.5, 0.6) is 0 Å². The van der Waals surface area contributed by atoms with Gasteiger partial charge in [-0.05, 0) is 12.5 Å². The number of carbonyl (C=O) groups excluding carboxylic acids is 1. The normalized spacial score (nSPS) is 10.4. The summed E-state index contributed by atoms with van der Waals surface area (Å²) in [5.41, 5.74) is 2.77. The molecule has 0 aliphatic rings. The SMILES string of the molecule is O=C(CCc1cscn1)NCCn1cccn1. The van der Waals surface area contributed by atoms with Crippen LogP contribution in [0.15, 0.2) is 29.4 Å². The van der Waals surface area contributed by atoms with E-state index in [-0.39, 0.29) is 5.91 Å². The van der Waals surface area contributed by atoms with Gasteiger partial charge in [0.15, 0.2) is 0 Å². The number of amides is 1. The van der Waals surface area contributed by atoms with Crippen molar-refractivity contribution in [3.8, 4) is 0 Å². The van der Waals surface area contributed by atoms with Gasteiger partial charge in [0.25, 0.3) is 0 Å². The predicted molar refractivity (Wildman–Crippen MR) is 65.7 cm³/mol. The molecule has 2 aromatic heterocycles. The number of carbonyl (C=O) groups is 1. The van der Waals surface area contributed by atoms with Gasteiger partial charge >= 0.3 is 0 Å². The Morgan fingerprint density at radius 2 is 2.47 bits per heavy atom. The number of nitrogens with one attached hydrogen (secondary N) is 1. The van der Waals surface area contributed by atoms with Crippen LogP contribution < -0.4 is 5.32 Å². The van der Waals surface area contributed by atoms with Crippen molar-refractivity contribution < 1.29 is 4.79 Å². The first kappa shape index (κ1) is 11.8. The summed E-state index contributed by atoms with van der Waals surface area (Å²) in [6.45, 7) is 1.31. The molecule has 0 fully saturated rings. The summed E-state index contributed by atoms with van der Waals surface area (Å²) in [7, 11) is 0. The Morgan fingerprint density at radius 3 is 3.18 bits per heavy atom. The lowest BCUT2D eigenvalue weighted by molar-refractivity contribution is -0.121. The van der Waals surface area contributed by atoms with Crippen LogP contribution in [0.4, 0.5) is 0 Å². The molecule has 6 heteroatoms. The van der Waals surface area contributed by atoms with Crippen molar-refractivity contribution in [3.05, 3.63) is 35.0 Å². The van der Waals surface area contributed by atoms with Gasteiger partial charge in [-0.2, -0.15) is 5.10 Å². The number of nitrogens with zero attached hydrogens (tertiary/aromatic N) is 3. The summed E-state index contributed by atoms with van der Waals surface area (Å²) in [5.74, 6) is 0.0603. The summed E-state index contributed by atoms with van der Waals surface area (Å²) in [5, 5.41) is 8.88. The van der Waals surface area contributed by atoms with Crippen molar-refractivity contribution in [2.24, 2.45) is 0 Å². The Morgan fingerprint density at radius 1 is 1.53 bits per heavy atom. The van der Waals surface area contributed by atoms with E-state index in [0.717, 1.165) is 5.69 Å². The van der Waals surface area contributed by atoms with E-state index in [0.29, 0.717) is 25.9 Å². The highest BCUT2D eigenvalue weighted by atomic mass is 32.1. The van der Waals surface area contributed by atoms with E-state index < -0.39 is 0 Å². The summed E-state index contributed by atoms with van der Waals surface area (Å²) in [4.78, 5) is 15.6. The summed E-state index contributed by atoms with van der Waals surface area (Å²) in [6.07, 6.45) is 4.80. The number of aromatic nitrogens is 3. The van der Waals surface area contributed by atoms with E-state index in [2.05, 4.69) is 15.4 Å². The second-order valence-corrected chi connectivity index (χ2v) is 4.32. The number of hydrogen-bond acceptors (Lipinski definition) is 4. The predicted octanol–water partition coefficient (Wildman–Crippen LogP) is 1.09. The number of aryl methyl sites for hydroxylation is 1. The molecule has 0 saturated carbocycles. The first-order valence-electron chi connectivity index (χ1n) is 5.46. The summed E-state index contributed by atoms with van der Waals surface area (Å²) in [6, 6.07) is 1.87. The highest BCUT2D eigenvalue weighted by Gasteiger charge is 2.02. The smallest absolute Gasteiger partial charge is 0.220 e. The zero-order valence-electron chi connectivity index (χ0n) is 9.37. The maximum Gasteiger partial charge on any atom is 0.220 e. The van der Waals surface area contributed by atoms with E-state index in [9.17, 15) is 4.79 Å². The molecule has 1 N–H and O–H groups in total. The molecule has 0 aromatic carbocycles. The molecule has 0 atom stereocenters. The number of thiazole rings is 1. The first-order valence-corrected chi connectivity index (χ1v) is 6.40. The second-order valence-electron chi connectivity index (χ2n) is 3.60. The molecule has 0 bridgehead atoms. The van der Waals surface area contributed by atoms with Gasteiger partial charge in [0.2, 0.25) is 5.91 Å². The largest absolute Gasteiger partial charge is 0.354 e. The fourth-order valence-corrected chi connectivity index (χ4v) is 2.03. The van der Waals surface area contributed by atoms with Gasteiger partial charge in [0.05, 0.1) is 17.7 Å². The standard InChI is InChI=1S/C11H14N4OS/c16-11(3-2-10-8-17-9-13-10)12-5-7-15-6-1-4-14-15/h1,4,6,8-9H,2-3,5,7H2,(H,12,16). The highest BCUT2D eigenvalue weighted by molar-refractivity contribution is 7.07. The van der Waals surface area contributed by atoms with Gasteiger partial charge in [0, 0.05) is 30.7 Å². The molecule has 90 valence electrons. The van der Waals surface area contributed by atoms with Gasteiger partial charge in [-0.1, -0.05) is 0 Å². The summed E-state index contributed by atoms with van der Waals surface area (Å²) >= 11 is 1.55. The molecule has 0 radical (unpaired) electrons. The van der Waals surface area contributed by atoms with Crippen molar-refractivity contribution in [2.75, 3.05) is 6.54 Å². The average Bonchev–Trinajstić information content (AvgIpc) is 2.99. The van der Waals surface area contributed by atoms with E-state index in [1.165, 1.54) is 0 Å². The molecule has 0 aliphatic heterocycles. The zero-order valence-corrected chi connectivity index (χ0v) is 10.2. The third-order valence-electron chi connectivity index (χ3n) is 2.31. The maximum absolute atomic E-state index is 11.5. The third-order valence-corrected chi connectivity index (χ3v) is 2.95. The molecular formula is C11H14N4OS. The monoisotopic (exact) mass is 250 g/mol. The van der Waals surface area contributed by atoms with Crippen molar-refractivity contribution in [3.63, 3.8) is 0 Å². The molecule has 2 aromatic rings. The first-order chi connectivity index (χ1) is 8.34. The van der Waals surface area contributed by atoms with E-state index in [4.69, 9.17) is 0 Å². The van der Waals surface area contributed by atoms with Crippen LogP contribution >= 0.6 is 11.3 Å². The second kappa shape index (κ2) is 6.15. The van der Waals surface area contributed by atoms with Crippen LogP contribution in [0.2, 0.25) is 0 Å². The van der Waals surface area contributed by atoms with Gasteiger partial charge < -0.3 is 5.32 Å². The van der Waals surface area contributed by atoms with E-state index >= 15 is 0 Å². The van der Waals surface area contributed by atoms with Crippen LogP contribution in [0, 0.1) is 0 Å². The molecule has 0 aliphatic carbocycles. The zero-order chi connectivity index (χ0) is 11.9. The Hall–Kier alpha value is -1.69. The van der Waals surface area contributed by atoms with Gasteiger partial charge in [0.1, 0.15) is 0 Å². The number of hydrogen-bond donors (Lipinski definition) is 1. The number of rotatable bonds is 6. The molecule has 0 unspecified atom stereocenters. The van der Waals surface area contributed by atoms with Crippen molar-refractivity contribution in [1.29, 1.82) is 0 Å². The van der Waals surface area contributed by atoms with Crippen LogP contribution in [0.25, 0.3) is 0 Å². The Kier molecular flexibility index (Phi) is 4.26. The minimum absolute atomic E-state index is 0.0603. The van der Waals surface area contributed by atoms with E-state index in [1.807, 2.05) is 17.6 Å². The van der Waals surface area contributed by atoms with Crippen LogP contribution in [-0.2, 0) is 17.8 Å². The van der Waals surface area contributed by atoms with E-state index in [1.54, 1.807) is 27.7 Å². The quantitative estimate of drug-likeness (QED) is 0.835. The van der Waals surface area contributed by atoms with Crippen LogP contribution in [0.1, 0.15) is 12.1 Å². The molecule has 17 heavy (non-hydrogen) atoms. The minimum Gasteiger partial charge on any atom is -0.354 e. The van der Waals surface area contributed by atoms with Crippen molar-refractivity contribution in [1.82, 2.24) is 20.1 Å². The van der Waals surface area contributed by atoms with Gasteiger partial charge in [-0.3, -0.25) is 9.48 Å². The Balaban J connectivity index is 1.61. The van der Waals surface area contributed by atoms with Crippen molar-refractivity contribution >= 4 is 17.2 Å². The lowest BCUT2D eigenvalue weighted by Crippen LogP contribution is -2.27. The maximum atomic E-state index is 11.5. The fourth-order valence-electron chi connectivity index (χ4n) is 1.43. The molecule has 2 heterocycles. The van der Waals surface area contributed by atoms with Gasteiger partial charge in [-0.15, -0.1) is 11.3 Å². The molecule has 1 amide bonds. The minimum atomic E-state index is 0.0603. The molecule has 0 spiro atoms.